The number of hydrogen-bond donors (Lipinski definition) is 0. The van der Waals surface area contributed by atoms with Gasteiger partial charge in [0, 0.05) is 22.2 Å². The summed E-state index contributed by atoms with van der Waals surface area (Å²) in [7, 11) is 0. The third-order valence-corrected chi connectivity index (χ3v) is 9.47. The molecule has 0 radical (unpaired) electrons. The highest BCUT2D eigenvalue weighted by Gasteiger charge is 2.24. The third-order valence-electron chi connectivity index (χ3n) is 9.47. The predicted octanol–water partition coefficient (Wildman–Crippen LogP) is 11.1. The van der Waals surface area contributed by atoms with Crippen LogP contribution in [0.15, 0.2) is 0 Å². The van der Waals surface area contributed by atoms with Gasteiger partial charge in [0.25, 0.3) is 0 Å². The molecule has 0 aliphatic carbocycles. The van der Waals surface area contributed by atoms with Gasteiger partial charge in [-0.2, -0.15) is 0 Å². The normalized spacial score (nSPS) is 21.7. The van der Waals surface area contributed by atoms with E-state index in [2.05, 4.69) is 103 Å². The van der Waals surface area contributed by atoms with E-state index in [0.717, 1.165) is 0 Å². The summed E-state index contributed by atoms with van der Waals surface area (Å²) in [6.07, 6.45) is 18.4. The quantitative estimate of drug-likeness (QED) is 0.266. The van der Waals surface area contributed by atoms with Gasteiger partial charge in [0.15, 0.2) is 0 Å². The molecule has 0 aromatic heterocycles. The molecule has 0 unspecified atom stereocenters. The lowest BCUT2D eigenvalue weighted by Crippen LogP contribution is -2.44. The number of rotatable bonds is 0. The average Bonchev–Trinajstić information content (AvgIpc) is 3.26. The van der Waals surface area contributed by atoms with Crippen molar-refractivity contribution in [3.8, 4) is 0 Å². The van der Waals surface area contributed by atoms with Crippen LogP contribution in [0.3, 0.4) is 0 Å². The second kappa shape index (κ2) is 23.2. The molecule has 0 atom stereocenters. The molecule has 268 valence electrons. The van der Waals surface area contributed by atoms with E-state index in [1.807, 2.05) is 13.8 Å². The topological polar surface area (TPSA) is 13.0 Å². The van der Waals surface area contributed by atoms with E-state index in [4.69, 9.17) is 0 Å². The molecule has 4 heterocycles. The molecule has 4 fully saturated rings. The van der Waals surface area contributed by atoms with Crippen molar-refractivity contribution in [1.82, 2.24) is 19.6 Å². The molecule has 4 saturated heterocycles. The Hall–Kier alpha value is -0.160. The first-order chi connectivity index (χ1) is 19.9. The minimum Gasteiger partial charge on any atom is -0.298 e. The van der Waals surface area contributed by atoms with E-state index in [1.165, 1.54) is 136 Å². The fourth-order valence-corrected chi connectivity index (χ4v) is 6.44. The molecule has 0 aromatic carbocycles. The van der Waals surface area contributed by atoms with Crippen molar-refractivity contribution in [2.45, 2.75) is 210 Å². The molecule has 4 nitrogen and oxygen atoms in total. The highest BCUT2D eigenvalue weighted by atomic mass is 15.2. The first-order valence-electron chi connectivity index (χ1n) is 18.9. The number of piperidine rings is 3. The lowest BCUT2D eigenvalue weighted by molar-refractivity contribution is 0.110. The molecule has 0 spiro atoms. The maximum Gasteiger partial charge on any atom is 0.0125 e. The number of nitrogens with zero attached hydrogens (tertiary/aromatic N) is 4. The van der Waals surface area contributed by atoms with Crippen LogP contribution in [0, 0.1) is 0 Å². The van der Waals surface area contributed by atoms with Crippen molar-refractivity contribution in [3.05, 3.63) is 0 Å². The van der Waals surface area contributed by atoms with Crippen LogP contribution >= 0.6 is 0 Å². The predicted molar refractivity (Wildman–Crippen MR) is 203 cm³/mol. The Morgan fingerprint density at radius 1 is 0.250 bits per heavy atom. The minimum atomic E-state index is 0. The molecule has 44 heavy (non-hydrogen) atoms. The summed E-state index contributed by atoms with van der Waals surface area (Å²) in [4.78, 5) is 10.4. The van der Waals surface area contributed by atoms with Crippen molar-refractivity contribution in [1.29, 1.82) is 0 Å². The van der Waals surface area contributed by atoms with Gasteiger partial charge >= 0.3 is 0 Å². The summed E-state index contributed by atoms with van der Waals surface area (Å²) < 4.78 is 0. The Balaban J connectivity index is 0. The van der Waals surface area contributed by atoms with Crippen molar-refractivity contribution in [3.63, 3.8) is 0 Å². The van der Waals surface area contributed by atoms with Crippen LogP contribution in [0.2, 0.25) is 0 Å². The zero-order valence-electron chi connectivity index (χ0n) is 32.6. The van der Waals surface area contributed by atoms with Crippen LogP contribution in [0.5, 0.6) is 0 Å². The van der Waals surface area contributed by atoms with Gasteiger partial charge in [0.05, 0.1) is 0 Å². The van der Waals surface area contributed by atoms with E-state index >= 15 is 0 Å². The smallest absolute Gasteiger partial charge is 0.0125 e. The van der Waals surface area contributed by atoms with Crippen molar-refractivity contribution in [2.75, 3.05) is 52.4 Å². The molecule has 0 saturated carbocycles. The van der Waals surface area contributed by atoms with E-state index in [1.54, 1.807) is 0 Å². The highest BCUT2D eigenvalue weighted by molar-refractivity contribution is 4.80. The molecule has 0 amide bonds. The first kappa shape index (κ1) is 46.0. The summed E-state index contributed by atoms with van der Waals surface area (Å²) in [5.41, 5.74) is 1.60. The SMILES string of the molecule is C.CC.CC(C)(C)N1CCCCC1.CC(C)(C)N1CCCCC1.CC(C)(C)N1CCCCC1.CC(C)(C)N1CCCCCC1. The lowest BCUT2D eigenvalue weighted by Gasteiger charge is -2.38. The van der Waals surface area contributed by atoms with Crippen LogP contribution in [-0.2, 0) is 0 Å². The standard InChI is InChI=1S/C10H21N.3C9H19N.C2H6.CH4/c1-10(2,3)11-8-6-4-5-7-9-11;3*1-9(2,3)10-7-5-4-6-8-10;1-2;/h4-9H2,1-3H3;3*4-8H2,1-3H3;1-2H3;1H4. The van der Waals surface area contributed by atoms with Gasteiger partial charge in [-0.15, -0.1) is 0 Å². The second-order valence-electron chi connectivity index (χ2n) is 17.2. The summed E-state index contributed by atoms with van der Waals surface area (Å²) in [6.45, 7) is 42.2. The van der Waals surface area contributed by atoms with Crippen molar-refractivity contribution >= 4 is 0 Å². The van der Waals surface area contributed by atoms with Crippen LogP contribution in [-0.4, -0.2) is 94.1 Å². The zero-order valence-corrected chi connectivity index (χ0v) is 32.6. The Kier molecular flexibility index (Phi) is 24.2. The zero-order chi connectivity index (χ0) is 33.2. The molecular formula is C40H88N4. The Morgan fingerprint density at radius 3 is 0.477 bits per heavy atom. The lowest BCUT2D eigenvalue weighted by atomic mass is 10.0. The molecular weight excluding hydrogens is 536 g/mol. The van der Waals surface area contributed by atoms with Crippen LogP contribution in [0.4, 0.5) is 0 Å². The Bertz CT molecular complexity index is 554. The number of hydrogen-bond acceptors (Lipinski definition) is 4. The molecule has 0 N–H and O–H groups in total. The molecule has 0 bridgehead atoms. The van der Waals surface area contributed by atoms with Gasteiger partial charge in [-0.05, 0) is 187 Å². The van der Waals surface area contributed by atoms with E-state index in [-0.39, 0.29) is 7.43 Å². The molecule has 4 aliphatic rings. The second-order valence-corrected chi connectivity index (χ2v) is 17.2. The van der Waals surface area contributed by atoms with Gasteiger partial charge in [0.2, 0.25) is 0 Å². The van der Waals surface area contributed by atoms with Crippen molar-refractivity contribution in [2.24, 2.45) is 0 Å². The van der Waals surface area contributed by atoms with Crippen molar-refractivity contribution < 1.29 is 0 Å². The van der Waals surface area contributed by atoms with Crippen LogP contribution < -0.4 is 0 Å². The molecule has 4 aliphatic heterocycles. The van der Waals surface area contributed by atoms with Gasteiger partial charge in [-0.1, -0.05) is 53.4 Å². The highest BCUT2D eigenvalue weighted by Crippen LogP contribution is 2.21. The van der Waals surface area contributed by atoms with Gasteiger partial charge in [-0.3, -0.25) is 19.6 Å². The number of likely N-dealkylation sites (tertiary alicyclic amines) is 4. The summed E-state index contributed by atoms with van der Waals surface area (Å²) in [5, 5.41) is 0. The largest absolute Gasteiger partial charge is 0.298 e. The minimum absolute atomic E-state index is 0. The fraction of sp³-hybridized carbons (Fsp3) is 1.00. The van der Waals surface area contributed by atoms with Crippen LogP contribution in [0.1, 0.15) is 188 Å². The van der Waals surface area contributed by atoms with Gasteiger partial charge in [0.1, 0.15) is 0 Å². The van der Waals surface area contributed by atoms with Gasteiger partial charge in [-0.25, -0.2) is 0 Å². The summed E-state index contributed by atoms with van der Waals surface area (Å²) in [5.74, 6) is 0. The first-order valence-corrected chi connectivity index (χ1v) is 18.9. The average molecular weight is 625 g/mol. The summed E-state index contributed by atoms with van der Waals surface area (Å²) in [6, 6.07) is 0. The van der Waals surface area contributed by atoms with E-state index in [0.29, 0.717) is 22.2 Å². The third kappa shape index (κ3) is 21.6. The Morgan fingerprint density at radius 2 is 0.364 bits per heavy atom. The Labute approximate surface area is 281 Å². The summed E-state index contributed by atoms with van der Waals surface area (Å²) >= 11 is 0. The van der Waals surface area contributed by atoms with Gasteiger partial charge < -0.3 is 0 Å². The molecule has 4 heteroatoms. The monoisotopic (exact) mass is 625 g/mol. The molecule has 0 aromatic rings. The van der Waals surface area contributed by atoms with E-state index < -0.39 is 0 Å². The fourth-order valence-electron chi connectivity index (χ4n) is 6.44. The maximum atomic E-state index is 2.61. The van der Waals surface area contributed by atoms with E-state index in [9.17, 15) is 0 Å². The van der Waals surface area contributed by atoms with Crippen LogP contribution in [0.25, 0.3) is 0 Å². The molecule has 4 rings (SSSR count). The maximum absolute atomic E-state index is 2.61.